The summed E-state index contributed by atoms with van der Waals surface area (Å²) in [4.78, 5) is 18.7. The molecular weight excluding hydrogens is 414 g/mol. The van der Waals surface area contributed by atoms with Gasteiger partial charge < -0.3 is 4.90 Å². The number of amides is 1. The summed E-state index contributed by atoms with van der Waals surface area (Å²) in [6.45, 7) is 0. The molecule has 0 bridgehead atoms. The van der Waals surface area contributed by atoms with Crippen LogP contribution in [0.15, 0.2) is 40.7 Å². The van der Waals surface area contributed by atoms with Crippen LogP contribution in [-0.2, 0) is 21.1 Å². The van der Waals surface area contributed by atoms with Crippen molar-refractivity contribution in [1.82, 2.24) is 0 Å². The number of thioether (sulfide) groups is 1. The molecule has 0 N–H and O–H groups in total. The largest absolute Gasteiger partial charge is 0.313 e. The van der Waals surface area contributed by atoms with Crippen LogP contribution in [0.25, 0.3) is 0 Å². The maximum Gasteiger partial charge on any atom is 0.253 e. The van der Waals surface area contributed by atoms with E-state index in [4.69, 9.17) is 0 Å². The molecule has 1 aromatic heterocycles. The first-order chi connectivity index (χ1) is 12.8. The Morgan fingerprint density at radius 1 is 1.26 bits per heavy atom. The molecule has 2 saturated heterocycles. The highest BCUT2D eigenvalue weighted by molar-refractivity contribution is 8.16. The van der Waals surface area contributed by atoms with Crippen molar-refractivity contribution in [1.29, 1.82) is 0 Å². The normalized spacial score (nSPS) is 25.1. The monoisotopic (exact) mass is 428 g/mol. The van der Waals surface area contributed by atoms with E-state index < -0.39 is 33.4 Å². The first-order valence-corrected chi connectivity index (χ1v) is 11.7. The molecule has 2 atom stereocenters. The summed E-state index contributed by atoms with van der Waals surface area (Å²) >= 11 is 2.59. The van der Waals surface area contributed by atoms with Gasteiger partial charge in [0, 0.05) is 16.2 Å². The van der Waals surface area contributed by atoms with Crippen LogP contribution >= 0.6 is 23.1 Å². The number of carbonyl (C=O) groups is 1. The van der Waals surface area contributed by atoms with Gasteiger partial charge in [-0.3, -0.25) is 4.79 Å². The summed E-state index contributed by atoms with van der Waals surface area (Å²) in [7, 11) is -3.26. The Morgan fingerprint density at radius 3 is 2.78 bits per heavy atom. The van der Waals surface area contributed by atoms with Crippen LogP contribution in [0.4, 0.5) is 14.5 Å². The second-order valence-electron chi connectivity index (χ2n) is 6.31. The average molecular weight is 429 g/mol. The Hall–Kier alpha value is -1.78. The third kappa shape index (κ3) is 3.78. The number of thiophene rings is 1. The number of fused-ring (bicyclic) bond motifs is 1. The summed E-state index contributed by atoms with van der Waals surface area (Å²) < 4.78 is 51.7. The van der Waals surface area contributed by atoms with Gasteiger partial charge in [0.1, 0.15) is 11.6 Å². The van der Waals surface area contributed by atoms with Gasteiger partial charge in [-0.25, -0.2) is 17.2 Å². The van der Waals surface area contributed by atoms with Crippen LogP contribution < -0.4 is 4.90 Å². The number of sulfone groups is 1. The lowest BCUT2D eigenvalue weighted by atomic mass is 10.2. The van der Waals surface area contributed by atoms with Crippen molar-refractivity contribution >= 4 is 49.7 Å². The molecule has 4 rings (SSSR count). The van der Waals surface area contributed by atoms with E-state index in [1.165, 1.54) is 22.3 Å². The van der Waals surface area contributed by atoms with Crippen LogP contribution in [0.3, 0.4) is 0 Å². The lowest BCUT2D eigenvalue weighted by molar-refractivity contribution is -0.117. The van der Waals surface area contributed by atoms with Crippen LogP contribution in [0.1, 0.15) is 4.88 Å². The van der Waals surface area contributed by atoms with Crippen molar-refractivity contribution in [2.45, 2.75) is 17.7 Å². The van der Waals surface area contributed by atoms with Gasteiger partial charge in [-0.1, -0.05) is 17.8 Å². The van der Waals surface area contributed by atoms with E-state index in [-0.39, 0.29) is 34.0 Å². The fraction of sp³-hybridized carbons (Fsp3) is 0.294. The fourth-order valence-electron chi connectivity index (χ4n) is 3.23. The van der Waals surface area contributed by atoms with E-state index in [1.807, 2.05) is 17.5 Å². The highest BCUT2D eigenvalue weighted by Crippen LogP contribution is 2.41. The zero-order valence-electron chi connectivity index (χ0n) is 13.8. The van der Waals surface area contributed by atoms with E-state index in [0.717, 1.165) is 28.8 Å². The molecule has 2 aliphatic rings. The maximum atomic E-state index is 14.4. The van der Waals surface area contributed by atoms with Crippen LogP contribution in [0, 0.1) is 11.6 Å². The highest BCUT2D eigenvalue weighted by atomic mass is 32.2. The van der Waals surface area contributed by atoms with E-state index in [0.29, 0.717) is 0 Å². The molecule has 2 unspecified atom stereocenters. The number of hydrogen-bond donors (Lipinski definition) is 0. The predicted molar refractivity (Wildman–Crippen MR) is 103 cm³/mol. The quantitative estimate of drug-likeness (QED) is 0.752. The number of amidine groups is 1. The van der Waals surface area contributed by atoms with Crippen LogP contribution in [-0.4, -0.2) is 42.3 Å². The molecular formula is C17H14F2N2O3S3. The Bertz CT molecular complexity index is 1020. The number of halogens is 2. The number of carbonyl (C=O) groups excluding carboxylic acids is 1. The third-order valence-electron chi connectivity index (χ3n) is 4.36. The third-order valence-corrected chi connectivity index (χ3v) is 8.45. The summed E-state index contributed by atoms with van der Waals surface area (Å²) in [6, 6.07) is 6.21. The molecule has 0 saturated carbocycles. The smallest absolute Gasteiger partial charge is 0.253 e. The zero-order valence-corrected chi connectivity index (χ0v) is 16.3. The summed E-state index contributed by atoms with van der Waals surface area (Å²) in [5.74, 6) is -2.15. The van der Waals surface area contributed by atoms with E-state index >= 15 is 0 Å². The van der Waals surface area contributed by atoms with Gasteiger partial charge in [0.2, 0.25) is 0 Å². The van der Waals surface area contributed by atoms with Crippen LogP contribution in [0.2, 0.25) is 0 Å². The molecule has 3 heterocycles. The summed E-state index contributed by atoms with van der Waals surface area (Å²) in [6.07, 6.45) is 0.120. The lowest BCUT2D eigenvalue weighted by Gasteiger charge is -2.24. The molecule has 0 spiro atoms. The number of nitrogens with zero attached hydrogens (tertiary/aromatic N) is 2. The number of hydrogen-bond acceptors (Lipinski definition) is 5. The zero-order chi connectivity index (χ0) is 19.2. The van der Waals surface area contributed by atoms with Crippen molar-refractivity contribution < 1.29 is 22.0 Å². The molecule has 10 heteroatoms. The predicted octanol–water partition coefficient (Wildman–Crippen LogP) is 2.87. The van der Waals surface area contributed by atoms with Crippen molar-refractivity contribution in [2.75, 3.05) is 16.4 Å². The van der Waals surface area contributed by atoms with Crippen molar-refractivity contribution in [3.63, 3.8) is 0 Å². The summed E-state index contributed by atoms with van der Waals surface area (Å²) in [5, 5.41) is 1.77. The number of anilines is 1. The average Bonchev–Trinajstić information content (AvgIpc) is 3.23. The molecule has 5 nitrogen and oxygen atoms in total. The van der Waals surface area contributed by atoms with E-state index in [2.05, 4.69) is 4.99 Å². The molecule has 2 aromatic rings. The second kappa shape index (κ2) is 6.99. The van der Waals surface area contributed by atoms with Crippen molar-refractivity contribution in [2.24, 2.45) is 4.99 Å². The Morgan fingerprint density at radius 2 is 2.07 bits per heavy atom. The minimum absolute atomic E-state index is 0.0242. The standard InChI is InChI=1S/C17H14F2N2O3S3/c18-10-3-4-13(12(19)6-10)21-14-8-27(23,24)9-15(14)26-17(21)20-16(22)7-11-2-1-5-25-11/h1-6,14-15H,7-9H2. The molecule has 0 aliphatic carbocycles. The first-order valence-electron chi connectivity index (χ1n) is 8.08. The van der Waals surface area contributed by atoms with Crippen molar-refractivity contribution in [3.05, 3.63) is 52.2 Å². The molecule has 1 amide bonds. The van der Waals surface area contributed by atoms with Gasteiger partial charge >= 0.3 is 0 Å². The minimum atomic E-state index is -3.26. The van der Waals surface area contributed by atoms with Gasteiger partial charge in [-0.05, 0) is 23.6 Å². The first kappa shape index (κ1) is 18.6. The van der Waals surface area contributed by atoms with Crippen molar-refractivity contribution in [3.8, 4) is 0 Å². The SMILES string of the molecule is O=C(Cc1cccs1)N=C1SC2CS(=O)(=O)CC2N1c1ccc(F)cc1F. The molecule has 2 fully saturated rings. The Balaban J connectivity index is 1.69. The summed E-state index contributed by atoms with van der Waals surface area (Å²) in [5.41, 5.74) is 0.0242. The lowest BCUT2D eigenvalue weighted by Crippen LogP contribution is -2.38. The molecule has 1 aromatic carbocycles. The highest BCUT2D eigenvalue weighted by Gasteiger charge is 2.50. The fourth-order valence-corrected chi connectivity index (χ4v) is 7.85. The number of benzene rings is 1. The topological polar surface area (TPSA) is 66.8 Å². The molecule has 142 valence electrons. The van der Waals surface area contributed by atoms with E-state index in [1.54, 1.807) is 0 Å². The minimum Gasteiger partial charge on any atom is -0.313 e. The van der Waals surface area contributed by atoms with Crippen LogP contribution in [0.5, 0.6) is 0 Å². The second-order valence-corrected chi connectivity index (χ2v) is 10.7. The van der Waals surface area contributed by atoms with Gasteiger partial charge in [0.15, 0.2) is 15.0 Å². The Labute approximate surface area is 163 Å². The van der Waals surface area contributed by atoms with Gasteiger partial charge in [-0.2, -0.15) is 4.99 Å². The van der Waals surface area contributed by atoms with Gasteiger partial charge in [0.05, 0.1) is 29.7 Å². The molecule has 27 heavy (non-hydrogen) atoms. The maximum absolute atomic E-state index is 14.4. The Kier molecular flexibility index (Phi) is 4.81. The number of rotatable bonds is 3. The van der Waals surface area contributed by atoms with Gasteiger partial charge in [-0.15, -0.1) is 11.3 Å². The van der Waals surface area contributed by atoms with E-state index in [9.17, 15) is 22.0 Å². The molecule has 0 radical (unpaired) electrons. The van der Waals surface area contributed by atoms with Gasteiger partial charge in [0.25, 0.3) is 5.91 Å². The number of aliphatic imine (C=N–C) groups is 1. The molecule has 2 aliphatic heterocycles.